The van der Waals surface area contributed by atoms with Gasteiger partial charge in [-0.2, -0.15) is 0 Å². The number of allylic oxidation sites excluding steroid dienone is 1. The molecule has 2 aromatic rings. The summed E-state index contributed by atoms with van der Waals surface area (Å²) >= 11 is 0. The molecule has 2 N–H and O–H groups in total. The van der Waals surface area contributed by atoms with E-state index in [1.165, 1.54) is 27.7 Å². The minimum absolute atomic E-state index is 0. The number of aromatic nitrogens is 1. The molecule has 2 saturated heterocycles. The maximum atomic E-state index is 11.6. The average molecular weight is 331 g/mol. The van der Waals surface area contributed by atoms with Gasteiger partial charge < -0.3 is 27.0 Å². The van der Waals surface area contributed by atoms with Crippen molar-refractivity contribution in [3.63, 3.8) is 0 Å². The quantitative estimate of drug-likeness (QED) is 0.512. The van der Waals surface area contributed by atoms with Gasteiger partial charge in [-0.1, -0.05) is 24.3 Å². The molecule has 1 aromatic heterocycles. The van der Waals surface area contributed by atoms with Crippen molar-refractivity contribution in [1.82, 2.24) is 4.98 Å². The molecule has 23 heavy (non-hydrogen) atoms. The summed E-state index contributed by atoms with van der Waals surface area (Å²) in [5.41, 5.74) is 4.28. The van der Waals surface area contributed by atoms with Crippen LogP contribution in [0.25, 0.3) is 10.9 Å². The smallest absolute Gasteiger partial charge is 0.171 e. The van der Waals surface area contributed by atoms with Crippen LogP contribution in [0.2, 0.25) is 0 Å². The lowest BCUT2D eigenvalue weighted by Gasteiger charge is -2.47. The number of benzene rings is 1. The highest BCUT2D eigenvalue weighted by molar-refractivity contribution is 5.85. The summed E-state index contributed by atoms with van der Waals surface area (Å²) in [5.74, 6) is 0. The van der Waals surface area contributed by atoms with Gasteiger partial charge in [0.1, 0.15) is 6.54 Å². The molecule has 3 atom stereocenters. The van der Waals surface area contributed by atoms with E-state index in [4.69, 9.17) is 0 Å². The monoisotopic (exact) mass is 330 g/mol. The Bertz CT molecular complexity index is 841. The molecular formula is C19H23ClN2O. The van der Waals surface area contributed by atoms with Gasteiger partial charge in [0.05, 0.1) is 18.8 Å². The molecule has 0 spiro atoms. The highest BCUT2D eigenvalue weighted by Gasteiger charge is 2.75. The van der Waals surface area contributed by atoms with Crippen LogP contribution < -0.4 is 12.4 Å². The van der Waals surface area contributed by atoms with Crippen LogP contribution in [0.3, 0.4) is 0 Å². The molecule has 0 unspecified atom stereocenters. The van der Waals surface area contributed by atoms with E-state index in [9.17, 15) is 5.11 Å². The maximum absolute atomic E-state index is 11.6. The molecule has 0 aliphatic carbocycles. The predicted molar refractivity (Wildman–Crippen MR) is 87.5 cm³/mol. The summed E-state index contributed by atoms with van der Waals surface area (Å²) in [4.78, 5) is 3.69. The summed E-state index contributed by atoms with van der Waals surface area (Å²) < 4.78 is 1.03. The van der Waals surface area contributed by atoms with E-state index < -0.39 is 5.60 Å². The number of H-pyrrole nitrogens is 1. The van der Waals surface area contributed by atoms with E-state index in [2.05, 4.69) is 49.2 Å². The first-order chi connectivity index (χ1) is 10.6. The van der Waals surface area contributed by atoms with Gasteiger partial charge >= 0.3 is 0 Å². The van der Waals surface area contributed by atoms with Crippen molar-refractivity contribution in [2.45, 2.75) is 37.8 Å². The Morgan fingerprint density at radius 1 is 1.26 bits per heavy atom. The second-order valence-corrected chi connectivity index (χ2v) is 7.52. The van der Waals surface area contributed by atoms with Gasteiger partial charge in [0, 0.05) is 29.3 Å². The molecule has 122 valence electrons. The van der Waals surface area contributed by atoms with Crippen molar-refractivity contribution in [2.75, 3.05) is 19.6 Å². The molecule has 2 fully saturated rings. The molecule has 3 aliphatic heterocycles. The minimum atomic E-state index is -0.683. The fraction of sp³-hybridized carbons (Fsp3) is 0.474. The number of nitrogens with one attached hydrogen (secondary N) is 1. The summed E-state index contributed by atoms with van der Waals surface area (Å²) in [6, 6.07) is 8.59. The zero-order valence-electron chi connectivity index (χ0n) is 13.7. The van der Waals surface area contributed by atoms with Gasteiger partial charge in [0.15, 0.2) is 11.1 Å². The zero-order chi connectivity index (χ0) is 15.2. The molecule has 4 heteroatoms. The van der Waals surface area contributed by atoms with Crippen molar-refractivity contribution in [1.29, 1.82) is 0 Å². The molecule has 0 radical (unpaired) electrons. The summed E-state index contributed by atoms with van der Waals surface area (Å²) in [6.45, 7) is 7.63. The third-order valence-corrected chi connectivity index (χ3v) is 7.10. The Morgan fingerprint density at radius 3 is 2.83 bits per heavy atom. The Labute approximate surface area is 143 Å². The second-order valence-electron chi connectivity index (χ2n) is 7.52. The number of rotatable bonds is 0. The molecule has 3 aliphatic rings. The number of nitrogens with zero attached hydrogens (tertiary/aromatic N) is 1. The van der Waals surface area contributed by atoms with Crippen LogP contribution in [0.1, 0.15) is 31.5 Å². The Morgan fingerprint density at radius 2 is 2.04 bits per heavy atom. The number of fused-ring (bicyclic) bond motifs is 3. The van der Waals surface area contributed by atoms with Crippen LogP contribution in [0.15, 0.2) is 35.9 Å². The number of halogens is 1. The highest BCUT2D eigenvalue weighted by Crippen LogP contribution is 2.62. The Balaban J connectivity index is 0.00000135. The first-order valence-electron chi connectivity index (χ1n) is 8.40. The number of hydrogen-bond acceptors (Lipinski definition) is 1. The molecule has 4 heterocycles. The van der Waals surface area contributed by atoms with Crippen LogP contribution in [-0.4, -0.2) is 39.8 Å². The van der Waals surface area contributed by atoms with Crippen LogP contribution in [-0.2, 0) is 12.0 Å². The van der Waals surface area contributed by atoms with Crippen molar-refractivity contribution in [2.24, 2.45) is 0 Å². The third kappa shape index (κ3) is 1.41. The van der Waals surface area contributed by atoms with Gasteiger partial charge in [-0.05, 0) is 25.5 Å². The number of quaternary nitrogens is 1. The Hall–Kier alpha value is -1.29. The zero-order valence-corrected chi connectivity index (χ0v) is 14.5. The van der Waals surface area contributed by atoms with Crippen LogP contribution in [0.5, 0.6) is 0 Å². The van der Waals surface area contributed by atoms with E-state index >= 15 is 0 Å². The third-order valence-electron chi connectivity index (χ3n) is 7.10. The van der Waals surface area contributed by atoms with Gasteiger partial charge in [-0.25, -0.2) is 0 Å². The van der Waals surface area contributed by atoms with E-state index in [1.807, 2.05) is 0 Å². The molecular weight excluding hydrogens is 308 g/mol. The van der Waals surface area contributed by atoms with Gasteiger partial charge in [-0.3, -0.25) is 0 Å². The molecule has 0 amide bonds. The number of aliphatic hydroxyl groups is 1. The standard InChI is InChI=1S/C19H23N2O.ClH/c1-3-13-12-21-10-8-15-14-6-4-5-7-16(14)20-17(15)18(21,2)19(13,22)9-11-21;/h3-7,20,22H,8-12H2,1-2H3;1H/q+1;/p-1/b13-3-;/t18-,19-,21-;/m1./s1. The largest absolute Gasteiger partial charge is 1.00 e. The summed E-state index contributed by atoms with van der Waals surface area (Å²) in [6.07, 6.45) is 4.16. The lowest BCUT2D eigenvalue weighted by Crippen LogP contribution is -3.00. The van der Waals surface area contributed by atoms with E-state index in [0.29, 0.717) is 0 Å². The molecule has 2 bridgehead atoms. The average Bonchev–Trinajstić information content (AvgIpc) is 3.08. The first kappa shape index (κ1) is 15.3. The van der Waals surface area contributed by atoms with Crippen molar-refractivity contribution in [3.05, 3.63) is 47.2 Å². The number of hydrogen-bond donors (Lipinski definition) is 2. The number of aromatic amines is 1. The molecule has 1 aromatic carbocycles. The highest BCUT2D eigenvalue weighted by atomic mass is 35.5. The van der Waals surface area contributed by atoms with Gasteiger partial charge in [0.2, 0.25) is 0 Å². The summed E-state index contributed by atoms with van der Waals surface area (Å²) in [5, 5.41) is 13.0. The van der Waals surface area contributed by atoms with Gasteiger partial charge in [-0.15, -0.1) is 0 Å². The van der Waals surface area contributed by atoms with E-state index in [0.717, 1.165) is 37.0 Å². The minimum Gasteiger partial charge on any atom is -1.00 e. The Kier molecular flexibility index (Phi) is 2.92. The summed E-state index contributed by atoms with van der Waals surface area (Å²) in [7, 11) is 0. The molecule has 5 rings (SSSR count). The van der Waals surface area contributed by atoms with Crippen molar-refractivity contribution in [3.8, 4) is 0 Å². The SMILES string of the molecule is C/C=C1/C[N@+]23CCc4c([nH]c5ccccc45)[C@]2(C)[C@@]1(O)CC3.[Cl-]. The van der Waals surface area contributed by atoms with E-state index in [1.54, 1.807) is 0 Å². The number of para-hydroxylation sites is 1. The fourth-order valence-corrected chi connectivity index (χ4v) is 5.79. The maximum Gasteiger partial charge on any atom is 0.171 e. The van der Waals surface area contributed by atoms with Crippen molar-refractivity contribution < 1.29 is 22.0 Å². The normalized spacial score (nSPS) is 39.3. The number of piperidine rings is 1. The second kappa shape index (κ2) is 4.41. The van der Waals surface area contributed by atoms with Crippen LogP contribution in [0.4, 0.5) is 0 Å². The molecule has 0 saturated carbocycles. The predicted octanol–water partition coefficient (Wildman–Crippen LogP) is -0.145. The fourth-order valence-electron chi connectivity index (χ4n) is 5.79. The van der Waals surface area contributed by atoms with Crippen molar-refractivity contribution >= 4 is 10.9 Å². The topological polar surface area (TPSA) is 36.0 Å². The lowest BCUT2D eigenvalue weighted by molar-refractivity contribution is -0.962. The van der Waals surface area contributed by atoms with Crippen LogP contribution >= 0.6 is 0 Å². The first-order valence-corrected chi connectivity index (χ1v) is 8.40. The van der Waals surface area contributed by atoms with E-state index in [-0.39, 0.29) is 17.9 Å². The molecule has 3 nitrogen and oxygen atoms in total. The van der Waals surface area contributed by atoms with Crippen LogP contribution in [0, 0.1) is 0 Å². The van der Waals surface area contributed by atoms with Gasteiger partial charge in [0.25, 0.3) is 0 Å². The lowest BCUT2D eigenvalue weighted by atomic mass is 9.74.